The topological polar surface area (TPSA) is 61.4 Å². The van der Waals surface area contributed by atoms with Crippen LogP contribution in [-0.2, 0) is 4.79 Å². The molecule has 0 spiro atoms. The van der Waals surface area contributed by atoms with Crippen LogP contribution in [0.5, 0.6) is 0 Å². The van der Waals surface area contributed by atoms with Crippen molar-refractivity contribution in [1.29, 1.82) is 0 Å². The fourth-order valence-corrected chi connectivity index (χ4v) is 1.63. The first-order valence-electron chi connectivity index (χ1n) is 4.93. The Morgan fingerprint density at radius 3 is 2.56 bits per heavy atom. The van der Waals surface area contributed by atoms with Crippen LogP contribution >= 0.6 is 24.0 Å². The number of thiocarbonyl (C=S) groups is 1. The van der Waals surface area contributed by atoms with E-state index < -0.39 is 6.03 Å². The second kappa shape index (κ2) is 6.05. The summed E-state index contributed by atoms with van der Waals surface area (Å²) in [7, 11) is 3.63. The van der Waals surface area contributed by atoms with Gasteiger partial charge < -0.3 is 10.2 Å². The van der Waals surface area contributed by atoms with E-state index in [0.29, 0.717) is 4.32 Å². The molecule has 0 heterocycles. The van der Waals surface area contributed by atoms with Gasteiger partial charge >= 0.3 is 6.03 Å². The van der Waals surface area contributed by atoms with Crippen molar-refractivity contribution >= 4 is 40.2 Å². The smallest absolute Gasteiger partial charge is 0.321 e. The van der Waals surface area contributed by atoms with Crippen molar-refractivity contribution in [3.63, 3.8) is 0 Å². The third-order valence-electron chi connectivity index (χ3n) is 1.86. The monoisotopic (exact) mass is 261 g/mol. The molecule has 1 fully saturated rings. The Kier molecular flexibility index (Phi) is 5.01. The molecule has 0 aromatic heterocycles. The summed E-state index contributed by atoms with van der Waals surface area (Å²) >= 11 is 6.23. The molecular weight excluding hydrogens is 246 g/mol. The van der Waals surface area contributed by atoms with E-state index in [4.69, 9.17) is 12.2 Å². The first kappa shape index (κ1) is 13.2. The molecule has 0 unspecified atom stereocenters. The molecule has 3 amide bonds. The fourth-order valence-electron chi connectivity index (χ4n) is 0.868. The summed E-state index contributed by atoms with van der Waals surface area (Å²) in [6, 6.07) is -0.160. The van der Waals surface area contributed by atoms with Gasteiger partial charge in [-0.25, -0.2) is 4.79 Å². The Hall–Kier alpha value is -0.820. The minimum atomic E-state index is -0.413. The first-order chi connectivity index (χ1) is 7.49. The van der Waals surface area contributed by atoms with Crippen molar-refractivity contribution in [2.45, 2.75) is 18.9 Å². The third kappa shape index (κ3) is 5.32. The zero-order valence-corrected chi connectivity index (χ0v) is 10.9. The maximum absolute atomic E-state index is 11.3. The number of carbonyl (C=O) groups excluding carboxylic acids is 2. The Labute approximate surface area is 104 Å². The average molecular weight is 261 g/mol. The molecule has 0 aliphatic heterocycles. The largest absolute Gasteiger partial charge is 0.364 e. The van der Waals surface area contributed by atoms with Crippen molar-refractivity contribution < 1.29 is 9.59 Å². The van der Waals surface area contributed by atoms with E-state index in [1.807, 2.05) is 14.1 Å². The standard InChI is InChI=1S/C9H15N3O2S2/c1-12(2)9(15)16-5-7(13)11-8(14)10-6-3-4-6/h6H,3-5H2,1-2H3,(H2,10,11,13,14). The van der Waals surface area contributed by atoms with Crippen molar-refractivity contribution in [3.05, 3.63) is 0 Å². The van der Waals surface area contributed by atoms with Crippen LogP contribution in [0, 0.1) is 0 Å². The van der Waals surface area contributed by atoms with E-state index in [-0.39, 0.29) is 17.7 Å². The summed E-state index contributed by atoms with van der Waals surface area (Å²) in [5.41, 5.74) is 0. The lowest BCUT2D eigenvalue weighted by Crippen LogP contribution is -2.41. The molecule has 1 saturated carbocycles. The molecule has 1 rings (SSSR count). The van der Waals surface area contributed by atoms with E-state index in [1.54, 1.807) is 4.90 Å². The summed E-state index contributed by atoms with van der Waals surface area (Å²) in [4.78, 5) is 24.2. The van der Waals surface area contributed by atoms with E-state index in [1.165, 1.54) is 11.8 Å². The number of nitrogens with one attached hydrogen (secondary N) is 2. The molecule has 5 nitrogen and oxygen atoms in total. The predicted octanol–water partition coefficient (Wildman–Crippen LogP) is 0.554. The van der Waals surface area contributed by atoms with Gasteiger partial charge in [-0.15, -0.1) is 0 Å². The quantitative estimate of drug-likeness (QED) is 0.727. The molecule has 0 saturated heterocycles. The zero-order valence-electron chi connectivity index (χ0n) is 9.28. The lowest BCUT2D eigenvalue weighted by molar-refractivity contribution is -0.117. The SMILES string of the molecule is CN(C)C(=S)SCC(=O)NC(=O)NC1CC1. The number of carbonyl (C=O) groups is 2. The molecule has 90 valence electrons. The van der Waals surface area contributed by atoms with Gasteiger partial charge in [0.15, 0.2) is 0 Å². The highest BCUT2D eigenvalue weighted by molar-refractivity contribution is 8.23. The molecule has 1 aliphatic carbocycles. The van der Waals surface area contributed by atoms with Crippen LogP contribution < -0.4 is 10.6 Å². The van der Waals surface area contributed by atoms with Crippen LogP contribution in [0.3, 0.4) is 0 Å². The Balaban J connectivity index is 2.14. The van der Waals surface area contributed by atoms with Gasteiger partial charge in [0.05, 0.1) is 5.75 Å². The number of urea groups is 1. The molecule has 0 bridgehead atoms. The number of imide groups is 1. The summed E-state index contributed by atoms with van der Waals surface area (Å²) in [6.07, 6.45) is 2.00. The lowest BCUT2D eigenvalue weighted by atomic mass is 10.6. The average Bonchev–Trinajstić information content (AvgIpc) is 2.97. The van der Waals surface area contributed by atoms with Gasteiger partial charge in [0.2, 0.25) is 5.91 Å². The highest BCUT2D eigenvalue weighted by Crippen LogP contribution is 2.18. The van der Waals surface area contributed by atoms with Crippen molar-refractivity contribution in [3.8, 4) is 0 Å². The Bertz CT molecular complexity index is 303. The lowest BCUT2D eigenvalue weighted by Gasteiger charge is -2.12. The molecule has 7 heteroatoms. The Morgan fingerprint density at radius 1 is 1.44 bits per heavy atom. The number of nitrogens with zero attached hydrogens (tertiary/aromatic N) is 1. The third-order valence-corrected chi connectivity index (χ3v) is 3.59. The van der Waals surface area contributed by atoms with E-state index in [9.17, 15) is 9.59 Å². The van der Waals surface area contributed by atoms with E-state index in [0.717, 1.165) is 12.8 Å². The number of thioether (sulfide) groups is 1. The minimum absolute atomic E-state index is 0.162. The van der Waals surface area contributed by atoms with Gasteiger partial charge in [0.25, 0.3) is 0 Å². The predicted molar refractivity (Wildman–Crippen MR) is 68.4 cm³/mol. The number of hydrogen-bond donors (Lipinski definition) is 2. The van der Waals surface area contributed by atoms with Gasteiger partial charge in [-0.3, -0.25) is 10.1 Å². The van der Waals surface area contributed by atoms with Crippen LogP contribution in [0.2, 0.25) is 0 Å². The van der Waals surface area contributed by atoms with Gasteiger partial charge in [-0.1, -0.05) is 24.0 Å². The molecule has 0 aromatic rings. The van der Waals surface area contributed by atoms with E-state index >= 15 is 0 Å². The minimum Gasteiger partial charge on any atom is -0.364 e. The second-order valence-corrected chi connectivity index (χ2v) is 5.35. The van der Waals surface area contributed by atoms with Gasteiger partial charge in [0.1, 0.15) is 4.32 Å². The van der Waals surface area contributed by atoms with E-state index in [2.05, 4.69) is 10.6 Å². The summed E-state index contributed by atoms with van der Waals surface area (Å²) in [5.74, 6) is -0.165. The number of amides is 3. The summed E-state index contributed by atoms with van der Waals surface area (Å²) in [5, 5.41) is 4.93. The van der Waals surface area contributed by atoms with Crippen molar-refractivity contribution in [2.24, 2.45) is 0 Å². The fraction of sp³-hybridized carbons (Fsp3) is 0.667. The maximum atomic E-state index is 11.3. The molecule has 1 aliphatic rings. The molecule has 16 heavy (non-hydrogen) atoms. The normalized spacial score (nSPS) is 14.1. The van der Waals surface area contributed by atoms with Gasteiger partial charge in [-0.05, 0) is 12.8 Å². The number of hydrogen-bond acceptors (Lipinski definition) is 4. The van der Waals surface area contributed by atoms with Crippen LogP contribution in [0.15, 0.2) is 0 Å². The maximum Gasteiger partial charge on any atom is 0.321 e. The van der Waals surface area contributed by atoms with Gasteiger partial charge in [0, 0.05) is 20.1 Å². The highest BCUT2D eigenvalue weighted by atomic mass is 32.2. The van der Waals surface area contributed by atoms with Crippen molar-refractivity contribution in [2.75, 3.05) is 19.8 Å². The summed E-state index contributed by atoms with van der Waals surface area (Å²) < 4.78 is 0.623. The summed E-state index contributed by atoms with van der Waals surface area (Å²) in [6.45, 7) is 0. The molecule has 0 aromatic carbocycles. The van der Waals surface area contributed by atoms with Gasteiger partial charge in [-0.2, -0.15) is 0 Å². The van der Waals surface area contributed by atoms with Crippen LogP contribution in [0.25, 0.3) is 0 Å². The molecule has 0 atom stereocenters. The second-order valence-electron chi connectivity index (χ2n) is 3.74. The van der Waals surface area contributed by atoms with Crippen LogP contribution in [0.1, 0.15) is 12.8 Å². The highest BCUT2D eigenvalue weighted by Gasteiger charge is 2.23. The molecular formula is C9H15N3O2S2. The van der Waals surface area contributed by atoms with Crippen molar-refractivity contribution in [1.82, 2.24) is 15.5 Å². The molecule has 0 radical (unpaired) electrons. The Morgan fingerprint density at radius 2 is 2.06 bits per heavy atom. The first-order valence-corrected chi connectivity index (χ1v) is 6.33. The molecule has 2 N–H and O–H groups in total. The van der Waals surface area contributed by atoms with Crippen LogP contribution in [-0.4, -0.2) is 47.0 Å². The van der Waals surface area contributed by atoms with Crippen LogP contribution in [0.4, 0.5) is 4.79 Å². The number of rotatable bonds is 3. The zero-order chi connectivity index (χ0) is 12.1.